The number of carbonyl (C=O) groups excluding carboxylic acids is 1. The van der Waals surface area contributed by atoms with Gasteiger partial charge in [0.1, 0.15) is 0 Å². The van der Waals surface area contributed by atoms with E-state index in [2.05, 4.69) is 4.74 Å². The summed E-state index contributed by atoms with van der Waals surface area (Å²) in [6.45, 7) is 0. The molecule has 0 atom stereocenters. The van der Waals surface area contributed by atoms with Crippen molar-refractivity contribution in [3.63, 3.8) is 0 Å². The first kappa shape index (κ1) is 16.4. The van der Waals surface area contributed by atoms with E-state index in [1.54, 1.807) is 42.5 Å². The van der Waals surface area contributed by atoms with Crippen molar-refractivity contribution in [3.8, 4) is 0 Å². The lowest BCUT2D eigenvalue weighted by molar-refractivity contribution is -0.136. The Morgan fingerprint density at radius 1 is 1.18 bits per heavy atom. The molecule has 0 fully saturated rings. The molecule has 2 aromatic rings. The van der Waals surface area contributed by atoms with Crippen LogP contribution in [0.1, 0.15) is 15.9 Å². The smallest absolute Gasteiger partial charge is 0.337 e. The molecule has 0 aliphatic rings. The second-order valence-electron chi connectivity index (χ2n) is 4.44. The van der Waals surface area contributed by atoms with Crippen molar-refractivity contribution in [2.45, 2.75) is 16.2 Å². The number of aliphatic carboxylic acids is 1. The van der Waals surface area contributed by atoms with Gasteiger partial charge in [-0.15, -0.1) is 0 Å². The Hall–Kier alpha value is -1.98. The van der Waals surface area contributed by atoms with Gasteiger partial charge in [-0.25, -0.2) is 4.79 Å². The Balaban J connectivity index is 2.23. The van der Waals surface area contributed by atoms with Crippen LogP contribution in [0, 0.1) is 0 Å². The summed E-state index contributed by atoms with van der Waals surface area (Å²) in [4.78, 5) is 24.0. The molecular formula is C16H13ClO4S. The molecule has 2 rings (SSSR count). The van der Waals surface area contributed by atoms with Crippen LogP contribution in [-0.4, -0.2) is 24.2 Å². The molecule has 4 nitrogen and oxygen atoms in total. The van der Waals surface area contributed by atoms with Gasteiger partial charge in [0.15, 0.2) is 0 Å². The summed E-state index contributed by atoms with van der Waals surface area (Å²) in [6, 6.07) is 12.1. The summed E-state index contributed by atoms with van der Waals surface area (Å²) in [5.74, 6) is -1.31. The number of esters is 1. The Bertz CT molecular complexity index is 698. The minimum atomic E-state index is -0.912. The molecule has 0 radical (unpaired) electrons. The second-order valence-corrected chi connectivity index (χ2v) is 5.99. The van der Waals surface area contributed by atoms with Crippen LogP contribution in [-0.2, 0) is 16.0 Å². The number of rotatable bonds is 5. The van der Waals surface area contributed by atoms with Gasteiger partial charge in [-0.05, 0) is 48.0 Å². The van der Waals surface area contributed by atoms with Gasteiger partial charge in [0.05, 0.1) is 19.1 Å². The maximum Gasteiger partial charge on any atom is 0.337 e. The third kappa shape index (κ3) is 4.26. The van der Waals surface area contributed by atoms with Gasteiger partial charge in [0, 0.05) is 14.8 Å². The lowest BCUT2D eigenvalue weighted by atomic mass is 10.1. The highest BCUT2D eigenvalue weighted by Gasteiger charge is 2.10. The van der Waals surface area contributed by atoms with E-state index in [-0.39, 0.29) is 6.42 Å². The largest absolute Gasteiger partial charge is 0.481 e. The van der Waals surface area contributed by atoms with Gasteiger partial charge in [-0.2, -0.15) is 0 Å². The molecule has 0 aliphatic carbocycles. The quantitative estimate of drug-likeness (QED) is 0.839. The molecule has 0 bridgehead atoms. The van der Waals surface area contributed by atoms with Crippen LogP contribution in [0.3, 0.4) is 0 Å². The Morgan fingerprint density at radius 3 is 2.45 bits per heavy atom. The number of ether oxygens (including phenoxy) is 1. The van der Waals surface area contributed by atoms with E-state index >= 15 is 0 Å². The van der Waals surface area contributed by atoms with Gasteiger partial charge in [-0.1, -0.05) is 23.4 Å². The highest BCUT2D eigenvalue weighted by Crippen LogP contribution is 2.32. The van der Waals surface area contributed by atoms with Crippen molar-refractivity contribution in [1.29, 1.82) is 0 Å². The monoisotopic (exact) mass is 336 g/mol. The average molecular weight is 337 g/mol. The van der Waals surface area contributed by atoms with Crippen LogP contribution in [0.15, 0.2) is 52.3 Å². The molecule has 0 saturated heterocycles. The fourth-order valence-corrected chi connectivity index (χ4v) is 2.97. The number of methoxy groups -OCH3 is 1. The van der Waals surface area contributed by atoms with Crippen LogP contribution in [0.2, 0.25) is 5.02 Å². The summed E-state index contributed by atoms with van der Waals surface area (Å²) in [5, 5.41) is 9.47. The molecule has 0 spiro atoms. The Kier molecular flexibility index (Phi) is 5.46. The summed E-state index contributed by atoms with van der Waals surface area (Å²) in [6.07, 6.45) is -0.0941. The van der Waals surface area contributed by atoms with Crippen molar-refractivity contribution in [2.75, 3.05) is 7.11 Å². The van der Waals surface area contributed by atoms with E-state index in [1.165, 1.54) is 18.9 Å². The molecule has 2 aromatic carbocycles. The maximum atomic E-state index is 11.4. The molecule has 22 heavy (non-hydrogen) atoms. The van der Waals surface area contributed by atoms with Crippen molar-refractivity contribution in [3.05, 3.63) is 58.6 Å². The number of hydrogen-bond acceptors (Lipinski definition) is 4. The SMILES string of the molecule is COC(=O)c1ccc(Sc2ccc(Cl)cc2CC(=O)O)cc1. The predicted molar refractivity (Wildman–Crippen MR) is 84.7 cm³/mol. The number of halogens is 1. The lowest BCUT2D eigenvalue weighted by Crippen LogP contribution is -2.01. The van der Waals surface area contributed by atoms with E-state index < -0.39 is 11.9 Å². The zero-order valence-electron chi connectivity index (χ0n) is 11.7. The molecule has 0 unspecified atom stereocenters. The minimum absolute atomic E-state index is 0.0941. The third-order valence-corrected chi connectivity index (χ3v) is 4.23. The molecular weight excluding hydrogens is 324 g/mol. The average Bonchev–Trinajstić information content (AvgIpc) is 2.49. The molecule has 6 heteroatoms. The van der Waals surface area contributed by atoms with Gasteiger partial charge in [0.25, 0.3) is 0 Å². The molecule has 0 aromatic heterocycles. The fraction of sp³-hybridized carbons (Fsp3) is 0.125. The van der Waals surface area contributed by atoms with E-state index in [0.717, 1.165) is 9.79 Å². The summed E-state index contributed by atoms with van der Waals surface area (Å²) < 4.78 is 4.64. The number of hydrogen-bond donors (Lipinski definition) is 1. The summed E-state index contributed by atoms with van der Waals surface area (Å²) in [5.41, 5.74) is 1.12. The van der Waals surface area contributed by atoms with Gasteiger partial charge >= 0.3 is 11.9 Å². The number of carboxylic acid groups (broad SMARTS) is 1. The normalized spacial score (nSPS) is 10.3. The summed E-state index contributed by atoms with van der Waals surface area (Å²) in [7, 11) is 1.33. The minimum Gasteiger partial charge on any atom is -0.481 e. The van der Waals surface area contributed by atoms with Gasteiger partial charge < -0.3 is 9.84 Å². The molecule has 0 heterocycles. The van der Waals surface area contributed by atoms with E-state index in [0.29, 0.717) is 16.1 Å². The first-order valence-electron chi connectivity index (χ1n) is 6.36. The molecule has 0 amide bonds. The van der Waals surface area contributed by atoms with Crippen molar-refractivity contribution in [1.82, 2.24) is 0 Å². The van der Waals surface area contributed by atoms with Crippen LogP contribution >= 0.6 is 23.4 Å². The predicted octanol–water partition coefficient (Wildman–Crippen LogP) is 3.90. The lowest BCUT2D eigenvalue weighted by Gasteiger charge is -2.08. The van der Waals surface area contributed by atoms with Crippen molar-refractivity contribution in [2.24, 2.45) is 0 Å². The number of benzene rings is 2. The number of carbonyl (C=O) groups is 2. The maximum absolute atomic E-state index is 11.4. The Morgan fingerprint density at radius 2 is 1.86 bits per heavy atom. The first-order chi connectivity index (χ1) is 10.5. The highest BCUT2D eigenvalue weighted by molar-refractivity contribution is 7.99. The fourth-order valence-electron chi connectivity index (χ4n) is 1.85. The molecule has 0 aliphatic heterocycles. The van der Waals surface area contributed by atoms with Crippen LogP contribution in [0.4, 0.5) is 0 Å². The van der Waals surface area contributed by atoms with Crippen LogP contribution < -0.4 is 0 Å². The van der Waals surface area contributed by atoms with Crippen molar-refractivity contribution < 1.29 is 19.4 Å². The zero-order valence-corrected chi connectivity index (χ0v) is 13.3. The van der Waals surface area contributed by atoms with E-state index in [1.807, 2.05) is 0 Å². The second kappa shape index (κ2) is 7.33. The van der Waals surface area contributed by atoms with Crippen LogP contribution in [0.25, 0.3) is 0 Å². The molecule has 0 saturated carbocycles. The number of carboxylic acids is 1. The van der Waals surface area contributed by atoms with E-state index in [4.69, 9.17) is 16.7 Å². The van der Waals surface area contributed by atoms with Gasteiger partial charge in [-0.3, -0.25) is 4.79 Å². The third-order valence-electron chi connectivity index (χ3n) is 2.87. The van der Waals surface area contributed by atoms with Crippen LogP contribution in [0.5, 0.6) is 0 Å². The Labute approximate surface area is 137 Å². The molecule has 1 N–H and O–H groups in total. The van der Waals surface area contributed by atoms with Gasteiger partial charge in [0.2, 0.25) is 0 Å². The van der Waals surface area contributed by atoms with Crippen molar-refractivity contribution >= 4 is 35.3 Å². The zero-order chi connectivity index (χ0) is 16.1. The summed E-state index contributed by atoms with van der Waals surface area (Å²) >= 11 is 7.34. The first-order valence-corrected chi connectivity index (χ1v) is 7.55. The van der Waals surface area contributed by atoms with E-state index in [9.17, 15) is 9.59 Å². The molecule has 114 valence electrons. The topological polar surface area (TPSA) is 63.6 Å². The highest BCUT2D eigenvalue weighted by atomic mass is 35.5. The standard InChI is InChI=1S/C16H13ClO4S/c1-21-16(20)10-2-5-13(6-3-10)22-14-7-4-12(17)8-11(14)9-15(18)19/h2-8H,9H2,1H3,(H,18,19).